The van der Waals surface area contributed by atoms with Crippen LogP contribution in [0, 0.1) is 5.92 Å². The lowest BCUT2D eigenvalue weighted by Gasteiger charge is -2.36. The topological polar surface area (TPSA) is 43.3 Å². The second-order valence-electron chi connectivity index (χ2n) is 8.48. The number of nitrogens with one attached hydrogen (secondary N) is 1. The Morgan fingerprint density at radius 3 is 2.58 bits per heavy atom. The number of aliphatic imine (C=N–C) groups is 1. The molecule has 0 saturated carbocycles. The van der Waals surface area contributed by atoms with E-state index in [4.69, 9.17) is 4.74 Å². The molecule has 4 rings (SSSR count). The number of rotatable bonds is 6. The average Bonchev–Trinajstić information content (AvgIpc) is 3.30. The molecule has 2 aliphatic heterocycles. The lowest BCUT2D eigenvalue weighted by molar-refractivity contribution is 0.172. The maximum atomic E-state index is 5.38. The molecule has 0 aliphatic carbocycles. The fourth-order valence-electron chi connectivity index (χ4n) is 4.57. The third-order valence-electron chi connectivity index (χ3n) is 6.39. The van der Waals surface area contributed by atoms with Gasteiger partial charge in [-0.1, -0.05) is 36.4 Å². The van der Waals surface area contributed by atoms with Crippen LogP contribution >= 0.6 is 0 Å². The molecule has 2 aliphatic rings. The molecule has 6 nitrogen and oxygen atoms in total. The van der Waals surface area contributed by atoms with Gasteiger partial charge in [-0.15, -0.1) is 0 Å². The van der Waals surface area contributed by atoms with E-state index in [1.807, 2.05) is 13.1 Å². The molecule has 0 radical (unpaired) electrons. The van der Waals surface area contributed by atoms with Crippen LogP contribution in [-0.2, 0) is 6.54 Å². The van der Waals surface area contributed by atoms with Gasteiger partial charge in [-0.3, -0.25) is 9.89 Å². The van der Waals surface area contributed by atoms with Crippen LogP contribution in [0.25, 0.3) is 0 Å². The van der Waals surface area contributed by atoms with Gasteiger partial charge in [0.1, 0.15) is 5.75 Å². The molecule has 2 saturated heterocycles. The van der Waals surface area contributed by atoms with Crippen molar-refractivity contribution in [3.63, 3.8) is 0 Å². The van der Waals surface area contributed by atoms with Gasteiger partial charge in [0.15, 0.2) is 5.96 Å². The third-order valence-corrected chi connectivity index (χ3v) is 6.39. The molecule has 31 heavy (non-hydrogen) atoms. The van der Waals surface area contributed by atoms with Gasteiger partial charge in [0.25, 0.3) is 0 Å². The van der Waals surface area contributed by atoms with E-state index < -0.39 is 0 Å². The maximum absolute atomic E-state index is 5.38. The number of benzene rings is 2. The Balaban J connectivity index is 1.22. The predicted octanol–water partition coefficient (Wildman–Crippen LogP) is 2.91. The highest BCUT2D eigenvalue weighted by Gasteiger charge is 2.25. The van der Waals surface area contributed by atoms with Crippen molar-refractivity contribution in [3.8, 4) is 5.75 Å². The number of hydrogen-bond donors (Lipinski definition) is 1. The van der Waals surface area contributed by atoms with Gasteiger partial charge in [0.05, 0.1) is 7.11 Å². The average molecular weight is 422 g/mol. The summed E-state index contributed by atoms with van der Waals surface area (Å²) < 4.78 is 5.38. The van der Waals surface area contributed by atoms with Crippen molar-refractivity contribution in [2.75, 3.05) is 64.9 Å². The summed E-state index contributed by atoms with van der Waals surface area (Å²) in [4.78, 5) is 12.0. The van der Waals surface area contributed by atoms with E-state index in [0.717, 1.165) is 64.1 Å². The number of hydrogen-bond acceptors (Lipinski definition) is 4. The van der Waals surface area contributed by atoms with Crippen LogP contribution in [-0.4, -0.2) is 75.7 Å². The first-order chi connectivity index (χ1) is 15.2. The lowest BCUT2D eigenvalue weighted by Crippen LogP contribution is -2.52. The SMILES string of the molecule is CN=C(NCC1CCN(c2cccc(OC)c2)C1)N1CCN(Cc2ccccc2)CC1. The van der Waals surface area contributed by atoms with Crippen molar-refractivity contribution in [1.29, 1.82) is 0 Å². The highest BCUT2D eigenvalue weighted by atomic mass is 16.5. The number of anilines is 1. The summed E-state index contributed by atoms with van der Waals surface area (Å²) in [6.45, 7) is 8.35. The Hall–Kier alpha value is -2.73. The van der Waals surface area contributed by atoms with Gasteiger partial charge in [-0.05, 0) is 30.0 Å². The molecule has 2 fully saturated rings. The summed E-state index contributed by atoms with van der Waals surface area (Å²) in [7, 11) is 3.62. The summed E-state index contributed by atoms with van der Waals surface area (Å²) in [6.07, 6.45) is 1.20. The van der Waals surface area contributed by atoms with Gasteiger partial charge in [-0.2, -0.15) is 0 Å². The van der Waals surface area contributed by atoms with Crippen molar-refractivity contribution in [3.05, 3.63) is 60.2 Å². The molecule has 6 heteroatoms. The molecule has 0 amide bonds. The Morgan fingerprint density at radius 1 is 1.03 bits per heavy atom. The summed E-state index contributed by atoms with van der Waals surface area (Å²) in [5, 5.41) is 3.65. The number of guanidine groups is 1. The first-order valence-corrected chi connectivity index (χ1v) is 11.4. The number of ether oxygens (including phenoxy) is 1. The van der Waals surface area contributed by atoms with E-state index in [1.54, 1.807) is 7.11 Å². The van der Waals surface area contributed by atoms with E-state index in [9.17, 15) is 0 Å². The minimum Gasteiger partial charge on any atom is -0.497 e. The summed E-state index contributed by atoms with van der Waals surface area (Å²) in [6, 6.07) is 19.1. The number of nitrogens with zero attached hydrogens (tertiary/aromatic N) is 4. The molecule has 2 aromatic carbocycles. The second kappa shape index (κ2) is 10.5. The van der Waals surface area contributed by atoms with Crippen LogP contribution in [0.2, 0.25) is 0 Å². The second-order valence-corrected chi connectivity index (χ2v) is 8.48. The Labute approximate surface area is 186 Å². The molecule has 0 aromatic heterocycles. The standard InChI is InChI=1S/C25H35N5O/c1-26-25(29-15-13-28(14-16-29)19-21-7-4-3-5-8-21)27-18-22-11-12-30(20-22)23-9-6-10-24(17-23)31-2/h3-10,17,22H,11-16,18-20H2,1-2H3,(H,26,27). The zero-order valence-electron chi connectivity index (χ0n) is 18.8. The normalized spacial score (nSPS) is 20.2. The van der Waals surface area contributed by atoms with E-state index >= 15 is 0 Å². The molecule has 2 heterocycles. The predicted molar refractivity (Wildman–Crippen MR) is 128 cm³/mol. The number of methoxy groups -OCH3 is 1. The molecule has 1 atom stereocenters. The van der Waals surface area contributed by atoms with Gasteiger partial charge in [0, 0.05) is 71.2 Å². The first-order valence-electron chi connectivity index (χ1n) is 11.4. The van der Waals surface area contributed by atoms with Crippen molar-refractivity contribution in [2.45, 2.75) is 13.0 Å². The van der Waals surface area contributed by atoms with Crippen LogP contribution in [0.5, 0.6) is 5.75 Å². The fourth-order valence-corrected chi connectivity index (χ4v) is 4.57. The monoisotopic (exact) mass is 421 g/mol. The fraction of sp³-hybridized carbons (Fsp3) is 0.480. The van der Waals surface area contributed by atoms with E-state index in [2.05, 4.69) is 73.5 Å². The van der Waals surface area contributed by atoms with Crippen molar-refractivity contribution in [2.24, 2.45) is 10.9 Å². The molecular weight excluding hydrogens is 386 g/mol. The van der Waals surface area contributed by atoms with Crippen LogP contribution in [0.1, 0.15) is 12.0 Å². The zero-order valence-corrected chi connectivity index (χ0v) is 18.8. The van der Waals surface area contributed by atoms with Crippen molar-refractivity contribution < 1.29 is 4.74 Å². The summed E-state index contributed by atoms with van der Waals surface area (Å²) in [5.41, 5.74) is 2.64. The number of piperazine rings is 1. The van der Waals surface area contributed by atoms with Crippen LogP contribution in [0.4, 0.5) is 5.69 Å². The molecule has 0 spiro atoms. The maximum Gasteiger partial charge on any atom is 0.193 e. The highest BCUT2D eigenvalue weighted by Crippen LogP contribution is 2.26. The largest absolute Gasteiger partial charge is 0.497 e. The van der Waals surface area contributed by atoms with Crippen LogP contribution in [0.3, 0.4) is 0 Å². The van der Waals surface area contributed by atoms with Gasteiger partial charge in [0.2, 0.25) is 0 Å². The molecule has 2 aromatic rings. The molecule has 1 N–H and O–H groups in total. The third kappa shape index (κ3) is 5.70. The van der Waals surface area contributed by atoms with E-state index in [1.165, 1.54) is 17.7 Å². The zero-order chi connectivity index (χ0) is 21.5. The summed E-state index contributed by atoms with van der Waals surface area (Å²) in [5.74, 6) is 2.59. The summed E-state index contributed by atoms with van der Waals surface area (Å²) >= 11 is 0. The molecule has 0 bridgehead atoms. The minimum atomic E-state index is 0.627. The quantitative estimate of drug-likeness (QED) is 0.574. The van der Waals surface area contributed by atoms with Crippen LogP contribution < -0.4 is 15.0 Å². The van der Waals surface area contributed by atoms with Gasteiger partial charge >= 0.3 is 0 Å². The Kier molecular flexibility index (Phi) is 7.30. The van der Waals surface area contributed by atoms with E-state index in [0.29, 0.717) is 5.92 Å². The molecule has 166 valence electrons. The minimum absolute atomic E-state index is 0.627. The van der Waals surface area contributed by atoms with Gasteiger partial charge in [-0.25, -0.2) is 0 Å². The van der Waals surface area contributed by atoms with E-state index in [-0.39, 0.29) is 0 Å². The lowest BCUT2D eigenvalue weighted by atomic mass is 10.1. The van der Waals surface area contributed by atoms with Gasteiger partial charge < -0.3 is 19.9 Å². The molecule has 1 unspecified atom stereocenters. The van der Waals surface area contributed by atoms with Crippen molar-refractivity contribution >= 4 is 11.6 Å². The smallest absolute Gasteiger partial charge is 0.193 e. The first kappa shape index (κ1) is 21.5. The van der Waals surface area contributed by atoms with Crippen molar-refractivity contribution in [1.82, 2.24) is 15.1 Å². The van der Waals surface area contributed by atoms with Crippen LogP contribution in [0.15, 0.2) is 59.6 Å². The Morgan fingerprint density at radius 2 is 1.84 bits per heavy atom. The highest BCUT2D eigenvalue weighted by molar-refractivity contribution is 5.80. The Bertz CT molecular complexity index is 848. The molecular formula is C25H35N5O.